The van der Waals surface area contributed by atoms with Crippen LogP contribution in [0.4, 0.5) is 0 Å². The minimum atomic E-state index is -0.220. The number of amides is 2. The molecule has 0 heterocycles. The largest absolute Gasteiger partial charge is 0.369 e. The van der Waals surface area contributed by atoms with Gasteiger partial charge in [-0.25, -0.2) is 0 Å². The molecule has 5 nitrogen and oxygen atoms in total. The summed E-state index contributed by atoms with van der Waals surface area (Å²) in [5.41, 5.74) is 11.4. The van der Waals surface area contributed by atoms with Crippen molar-refractivity contribution in [2.24, 2.45) is 22.8 Å². The molecule has 0 aliphatic heterocycles. The lowest BCUT2D eigenvalue weighted by Crippen LogP contribution is -2.42. The Morgan fingerprint density at radius 2 is 1.75 bits per heavy atom. The second-order valence-electron chi connectivity index (χ2n) is 7.25. The number of carbonyl (C=O) groups is 2. The Labute approximate surface area is 121 Å². The first-order valence-electron chi connectivity index (χ1n) is 7.51. The number of nitrogens with two attached hydrogens (primary N) is 2. The maximum absolute atomic E-state index is 11.9. The van der Waals surface area contributed by atoms with E-state index in [4.69, 9.17) is 11.5 Å². The Hall–Kier alpha value is -1.10. The van der Waals surface area contributed by atoms with Crippen LogP contribution in [0.15, 0.2) is 0 Å². The molecule has 0 spiro atoms. The fourth-order valence-corrected chi connectivity index (χ4v) is 2.91. The summed E-state index contributed by atoms with van der Waals surface area (Å²) in [7, 11) is 0. The van der Waals surface area contributed by atoms with Gasteiger partial charge in [-0.3, -0.25) is 9.59 Å². The highest BCUT2D eigenvalue weighted by Gasteiger charge is 2.26. The van der Waals surface area contributed by atoms with Gasteiger partial charge in [0.25, 0.3) is 0 Å². The predicted octanol–water partition coefficient (Wildman–Crippen LogP) is 1.30. The van der Waals surface area contributed by atoms with Gasteiger partial charge < -0.3 is 16.8 Å². The Bertz CT molecular complexity index is 342. The molecule has 0 aromatic heterocycles. The lowest BCUT2D eigenvalue weighted by atomic mass is 9.85. The average molecular weight is 283 g/mol. The average Bonchev–Trinajstić information content (AvgIpc) is 2.26. The first-order chi connectivity index (χ1) is 9.17. The van der Waals surface area contributed by atoms with Crippen molar-refractivity contribution in [3.63, 3.8) is 0 Å². The zero-order valence-corrected chi connectivity index (χ0v) is 12.9. The Morgan fingerprint density at radius 1 is 1.20 bits per heavy atom. The van der Waals surface area contributed by atoms with Crippen molar-refractivity contribution in [2.45, 2.75) is 71.4 Å². The van der Waals surface area contributed by atoms with Crippen LogP contribution >= 0.6 is 0 Å². The fraction of sp³-hybridized carbons (Fsp3) is 0.867. The van der Waals surface area contributed by atoms with E-state index >= 15 is 0 Å². The van der Waals surface area contributed by atoms with Crippen LogP contribution in [0.1, 0.15) is 59.3 Å². The van der Waals surface area contributed by atoms with E-state index in [1.807, 2.05) is 0 Å². The fourth-order valence-electron chi connectivity index (χ4n) is 2.91. The smallest absolute Gasteiger partial charge is 0.221 e. The minimum absolute atomic E-state index is 0.0178. The minimum Gasteiger partial charge on any atom is -0.369 e. The van der Waals surface area contributed by atoms with Gasteiger partial charge in [-0.2, -0.15) is 0 Å². The van der Waals surface area contributed by atoms with Crippen LogP contribution in [0.2, 0.25) is 0 Å². The summed E-state index contributed by atoms with van der Waals surface area (Å²) < 4.78 is 0. The summed E-state index contributed by atoms with van der Waals surface area (Å²) in [4.78, 5) is 23.0. The van der Waals surface area contributed by atoms with E-state index in [9.17, 15) is 9.59 Å². The molecule has 1 unspecified atom stereocenters. The monoisotopic (exact) mass is 283 g/mol. The van der Waals surface area contributed by atoms with Gasteiger partial charge in [0.05, 0.1) is 0 Å². The number of primary amides is 1. The second-order valence-corrected chi connectivity index (χ2v) is 7.25. The normalized spacial score (nSPS) is 25.0. The Kier molecular flexibility index (Phi) is 5.99. The van der Waals surface area contributed by atoms with Crippen LogP contribution < -0.4 is 16.8 Å². The van der Waals surface area contributed by atoms with Gasteiger partial charge in [0, 0.05) is 24.4 Å². The summed E-state index contributed by atoms with van der Waals surface area (Å²) in [6, 6.07) is 0.0666. The SMILES string of the molecule is CC(C)(C)CC(N)CC(=O)NC1CCC(C(N)=O)CC1. The molecule has 0 radical (unpaired) electrons. The number of hydrogen-bond acceptors (Lipinski definition) is 3. The van der Waals surface area contributed by atoms with Gasteiger partial charge >= 0.3 is 0 Å². The zero-order valence-electron chi connectivity index (χ0n) is 12.9. The summed E-state index contributed by atoms with van der Waals surface area (Å²) in [5.74, 6) is -0.224. The van der Waals surface area contributed by atoms with Gasteiger partial charge in [0.2, 0.25) is 11.8 Å². The van der Waals surface area contributed by atoms with E-state index in [0.29, 0.717) is 6.42 Å². The molecular formula is C15H29N3O2. The van der Waals surface area contributed by atoms with Crippen LogP contribution in [-0.4, -0.2) is 23.9 Å². The van der Waals surface area contributed by atoms with Crippen LogP contribution in [0.25, 0.3) is 0 Å². The van der Waals surface area contributed by atoms with Gasteiger partial charge in [0.15, 0.2) is 0 Å². The van der Waals surface area contributed by atoms with E-state index in [2.05, 4.69) is 26.1 Å². The number of hydrogen-bond donors (Lipinski definition) is 3. The highest BCUT2D eigenvalue weighted by Crippen LogP contribution is 2.24. The van der Waals surface area contributed by atoms with Crippen molar-refractivity contribution >= 4 is 11.8 Å². The lowest BCUT2D eigenvalue weighted by molar-refractivity contribution is -0.123. The molecule has 1 saturated carbocycles. The van der Waals surface area contributed by atoms with Crippen LogP contribution in [0.3, 0.4) is 0 Å². The molecule has 0 saturated heterocycles. The summed E-state index contributed by atoms with van der Waals surface area (Å²) in [5, 5.41) is 3.02. The molecule has 1 atom stereocenters. The van der Waals surface area contributed by atoms with Crippen molar-refractivity contribution < 1.29 is 9.59 Å². The highest BCUT2D eigenvalue weighted by molar-refractivity contribution is 5.77. The van der Waals surface area contributed by atoms with Gasteiger partial charge in [0.1, 0.15) is 0 Å². The molecular weight excluding hydrogens is 254 g/mol. The molecule has 5 N–H and O–H groups in total. The Balaban J connectivity index is 2.28. The predicted molar refractivity (Wildman–Crippen MR) is 79.7 cm³/mol. The van der Waals surface area contributed by atoms with Gasteiger partial charge in [-0.15, -0.1) is 0 Å². The molecule has 1 fully saturated rings. The molecule has 1 aliphatic carbocycles. The first kappa shape index (κ1) is 17.0. The first-order valence-corrected chi connectivity index (χ1v) is 7.51. The third-order valence-electron chi connectivity index (χ3n) is 3.82. The van der Waals surface area contributed by atoms with Crippen LogP contribution in [0, 0.1) is 11.3 Å². The molecule has 0 bridgehead atoms. The number of carbonyl (C=O) groups excluding carboxylic acids is 2. The third kappa shape index (κ3) is 6.37. The lowest BCUT2D eigenvalue weighted by Gasteiger charge is -2.28. The quantitative estimate of drug-likeness (QED) is 0.709. The highest BCUT2D eigenvalue weighted by atomic mass is 16.2. The Morgan fingerprint density at radius 3 is 2.20 bits per heavy atom. The molecule has 0 aromatic rings. The van der Waals surface area contributed by atoms with Crippen molar-refractivity contribution in [1.82, 2.24) is 5.32 Å². The van der Waals surface area contributed by atoms with E-state index in [0.717, 1.165) is 32.1 Å². The van der Waals surface area contributed by atoms with Crippen LogP contribution in [0.5, 0.6) is 0 Å². The van der Waals surface area contributed by atoms with Gasteiger partial charge in [-0.05, 0) is 37.5 Å². The molecule has 116 valence electrons. The summed E-state index contributed by atoms with van der Waals surface area (Å²) in [6.07, 6.45) is 4.40. The van der Waals surface area contributed by atoms with E-state index in [1.165, 1.54) is 0 Å². The van der Waals surface area contributed by atoms with Crippen molar-refractivity contribution in [1.29, 1.82) is 0 Å². The number of nitrogens with one attached hydrogen (secondary N) is 1. The molecule has 1 rings (SSSR count). The molecule has 2 amide bonds. The summed E-state index contributed by atoms with van der Waals surface area (Å²) >= 11 is 0. The molecule has 0 aromatic carbocycles. The van der Waals surface area contributed by atoms with E-state index in [-0.39, 0.29) is 35.2 Å². The number of rotatable bonds is 5. The summed E-state index contributed by atoms with van der Waals surface area (Å²) in [6.45, 7) is 6.36. The maximum Gasteiger partial charge on any atom is 0.221 e. The maximum atomic E-state index is 11.9. The molecule has 20 heavy (non-hydrogen) atoms. The van der Waals surface area contributed by atoms with E-state index in [1.54, 1.807) is 0 Å². The van der Waals surface area contributed by atoms with Crippen molar-refractivity contribution in [2.75, 3.05) is 0 Å². The second kappa shape index (κ2) is 7.07. The molecule has 5 heteroatoms. The topological polar surface area (TPSA) is 98.2 Å². The molecule has 1 aliphatic rings. The zero-order chi connectivity index (χ0) is 15.3. The third-order valence-corrected chi connectivity index (χ3v) is 3.82. The van der Waals surface area contributed by atoms with E-state index < -0.39 is 0 Å². The van der Waals surface area contributed by atoms with Crippen molar-refractivity contribution in [3.05, 3.63) is 0 Å². The van der Waals surface area contributed by atoms with Crippen molar-refractivity contribution in [3.8, 4) is 0 Å². The van der Waals surface area contributed by atoms with Crippen LogP contribution in [-0.2, 0) is 9.59 Å². The standard InChI is InChI=1S/C15H29N3O2/c1-15(2,3)9-11(16)8-13(19)18-12-6-4-10(5-7-12)14(17)20/h10-12H,4-9,16H2,1-3H3,(H2,17,20)(H,18,19). The van der Waals surface area contributed by atoms with Gasteiger partial charge in [-0.1, -0.05) is 20.8 Å².